The van der Waals surface area contributed by atoms with E-state index < -0.39 is 0 Å². The predicted molar refractivity (Wildman–Crippen MR) is 106 cm³/mol. The topological polar surface area (TPSA) is 89.5 Å². The number of fused-ring (bicyclic) bond motifs is 1. The normalized spacial score (nSPS) is 10.9. The third-order valence-electron chi connectivity index (χ3n) is 3.79. The summed E-state index contributed by atoms with van der Waals surface area (Å²) in [6.45, 7) is 1.57. The van der Waals surface area contributed by atoms with Crippen LogP contribution in [0.4, 0.5) is 0 Å². The Hall–Kier alpha value is -3.18. The lowest BCUT2D eigenvalue weighted by molar-refractivity contribution is 0.329. The fraction of sp³-hybridized carbons (Fsp3) is 0.158. The molecule has 8 heteroatoms. The van der Waals surface area contributed by atoms with Crippen molar-refractivity contribution in [1.82, 2.24) is 9.66 Å². The Labute approximate surface area is 163 Å². The molecular weight excluding hydrogens is 412 g/mol. The third-order valence-corrected chi connectivity index (χ3v) is 4.29. The minimum Gasteiger partial charge on any atom is -0.493 e. The highest BCUT2D eigenvalue weighted by atomic mass is 79.9. The van der Waals surface area contributed by atoms with E-state index in [0.717, 1.165) is 4.47 Å². The number of ether oxygens (including phenoxy) is 2. The van der Waals surface area contributed by atoms with Gasteiger partial charge in [0.2, 0.25) is 0 Å². The molecule has 0 aliphatic carbocycles. The molecule has 0 spiro atoms. The Balaban J connectivity index is 2.09. The van der Waals surface area contributed by atoms with E-state index >= 15 is 0 Å². The molecule has 0 fully saturated rings. The molecule has 0 unspecified atom stereocenters. The van der Waals surface area contributed by atoms with Gasteiger partial charge in [-0.2, -0.15) is 15.0 Å². The first-order chi connectivity index (χ1) is 13.0. The summed E-state index contributed by atoms with van der Waals surface area (Å²) in [6.07, 6.45) is 1.48. The first kappa shape index (κ1) is 18.6. The number of para-hydroxylation sites is 1. The van der Waals surface area contributed by atoms with Crippen LogP contribution in [-0.4, -0.2) is 29.6 Å². The molecule has 2 aromatic carbocycles. The number of nitrogens with zero attached hydrogens (tertiary/aromatic N) is 4. The van der Waals surface area contributed by atoms with Crippen molar-refractivity contribution in [3.8, 4) is 17.6 Å². The van der Waals surface area contributed by atoms with Crippen LogP contribution in [-0.2, 0) is 0 Å². The lowest BCUT2D eigenvalue weighted by atomic mass is 10.2. The van der Waals surface area contributed by atoms with Crippen molar-refractivity contribution in [3.05, 3.63) is 62.6 Å². The van der Waals surface area contributed by atoms with Crippen LogP contribution in [0.1, 0.15) is 11.4 Å². The van der Waals surface area contributed by atoms with Crippen molar-refractivity contribution in [1.29, 1.82) is 5.26 Å². The Kier molecular flexibility index (Phi) is 5.52. The van der Waals surface area contributed by atoms with Gasteiger partial charge in [-0.25, -0.2) is 4.98 Å². The Morgan fingerprint density at radius 1 is 1.37 bits per heavy atom. The van der Waals surface area contributed by atoms with E-state index in [2.05, 4.69) is 26.0 Å². The van der Waals surface area contributed by atoms with Crippen molar-refractivity contribution in [2.24, 2.45) is 5.10 Å². The highest BCUT2D eigenvalue weighted by molar-refractivity contribution is 9.10. The van der Waals surface area contributed by atoms with Crippen molar-refractivity contribution in [2.45, 2.75) is 6.92 Å². The number of aryl methyl sites for hydroxylation is 1. The molecule has 0 atom stereocenters. The van der Waals surface area contributed by atoms with Gasteiger partial charge in [-0.1, -0.05) is 22.0 Å². The molecule has 3 aromatic rings. The molecule has 1 aromatic heterocycles. The van der Waals surface area contributed by atoms with Gasteiger partial charge in [-0.15, -0.1) is 0 Å². The minimum atomic E-state index is -0.280. The molecule has 0 saturated carbocycles. The summed E-state index contributed by atoms with van der Waals surface area (Å²) in [4.78, 5) is 17.2. The number of hydrogen-bond acceptors (Lipinski definition) is 6. The molecule has 7 nitrogen and oxygen atoms in total. The fourth-order valence-corrected chi connectivity index (χ4v) is 2.93. The number of methoxy groups -OCH3 is 1. The third kappa shape index (κ3) is 3.83. The summed E-state index contributed by atoms with van der Waals surface area (Å²) in [5.74, 6) is 1.31. The van der Waals surface area contributed by atoms with Gasteiger partial charge in [0.25, 0.3) is 5.56 Å². The maximum Gasteiger partial charge on any atom is 0.282 e. The largest absolute Gasteiger partial charge is 0.493 e. The minimum absolute atomic E-state index is 0.133. The summed E-state index contributed by atoms with van der Waals surface area (Å²) in [5, 5.41) is 13.5. The molecule has 0 N–H and O–H groups in total. The van der Waals surface area contributed by atoms with E-state index in [4.69, 9.17) is 14.7 Å². The monoisotopic (exact) mass is 426 g/mol. The summed E-state index contributed by atoms with van der Waals surface area (Å²) < 4.78 is 12.7. The van der Waals surface area contributed by atoms with Crippen molar-refractivity contribution < 1.29 is 9.47 Å². The van der Waals surface area contributed by atoms with Gasteiger partial charge in [0.1, 0.15) is 11.9 Å². The maximum absolute atomic E-state index is 12.8. The summed E-state index contributed by atoms with van der Waals surface area (Å²) in [5.41, 5.74) is 0.897. The Bertz CT molecular complexity index is 1130. The van der Waals surface area contributed by atoms with Crippen molar-refractivity contribution >= 4 is 33.0 Å². The molecule has 0 amide bonds. The molecule has 0 aliphatic heterocycles. The van der Waals surface area contributed by atoms with Crippen LogP contribution in [0.15, 0.2) is 50.8 Å². The molecule has 0 radical (unpaired) electrons. The maximum atomic E-state index is 12.8. The van der Waals surface area contributed by atoms with Crippen LogP contribution in [0.25, 0.3) is 10.9 Å². The smallest absolute Gasteiger partial charge is 0.282 e. The van der Waals surface area contributed by atoms with Gasteiger partial charge < -0.3 is 9.47 Å². The van der Waals surface area contributed by atoms with Gasteiger partial charge in [-0.05, 0) is 37.3 Å². The highest BCUT2D eigenvalue weighted by Gasteiger charge is 2.11. The first-order valence-electron chi connectivity index (χ1n) is 7.95. The molecular formula is C19H15BrN4O3. The molecule has 136 valence electrons. The Morgan fingerprint density at radius 2 is 2.19 bits per heavy atom. The van der Waals surface area contributed by atoms with Crippen molar-refractivity contribution in [2.75, 3.05) is 13.7 Å². The highest BCUT2D eigenvalue weighted by Crippen LogP contribution is 2.30. The van der Waals surface area contributed by atoms with E-state index in [9.17, 15) is 4.79 Å². The number of nitriles is 1. The zero-order valence-electron chi connectivity index (χ0n) is 14.6. The first-order valence-corrected chi connectivity index (χ1v) is 8.74. The average Bonchev–Trinajstić information content (AvgIpc) is 2.67. The van der Waals surface area contributed by atoms with Gasteiger partial charge in [0.05, 0.1) is 24.2 Å². The lowest BCUT2D eigenvalue weighted by Crippen LogP contribution is -2.20. The number of benzene rings is 2. The van der Waals surface area contributed by atoms with Gasteiger partial charge in [0, 0.05) is 10.0 Å². The average molecular weight is 427 g/mol. The van der Waals surface area contributed by atoms with Crippen LogP contribution in [0.2, 0.25) is 0 Å². The summed E-state index contributed by atoms with van der Waals surface area (Å²) >= 11 is 3.36. The van der Waals surface area contributed by atoms with Crippen LogP contribution in [0, 0.1) is 18.3 Å². The molecule has 27 heavy (non-hydrogen) atoms. The molecule has 0 bridgehead atoms. The lowest BCUT2D eigenvalue weighted by Gasteiger charge is -2.11. The van der Waals surface area contributed by atoms with Gasteiger partial charge in [-0.3, -0.25) is 4.79 Å². The van der Waals surface area contributed by atoms with E-state index in [-0.39, 0.29) is 12.2 Å². The van der Waals surface area contributed by atoms with Crippen LogP contribution < -0.4 is 15.0 Å². The zero-order valence-corrected chi connectivity index (χ0v) is 16.2. The molecule has 0 saturated heterocycles. The van der Waals surface area contributed by atoms with E-state index in [0.29, 0.717) is 33.8 Å². The second-order valence-corrected chi connectivity index (χ2v) is 6.42. The van der Waals surface area contributed by atoms with Crippen LogP contribution >= 0.6 is 15.9 Å². The van der Waals surface area contributed by atoms with Gasteiger partial charge >= 0.3 is 0 Å². The SMILES string of the molecule is COc1cccc(C=Nn2c(C)nc3ccc(Br)cc3c2=O)c1OCC#N. The number of rotatable bonds is 5. The standard InChI is InChI=1S/C19H15BrN4O3/c1-12-23-16-7-6-14(20)10-15(16)19(25)24(12)22-11-13-4-3-5-17(26-2)18(13)27-9-8-21/h3-7,10-11H,9H2,1-2H3. The Morgan fingerprint density at radius 3 is 2.93 bits per heavy atom. The van der Waals surface area contributed by atoms with E-state index in [1.165, 1.54) is 18.0 Å². The zero-order chi connectivity index (χ0) is 19.4. The number of halogens is 1. The molecule has 3 rings (SSSR count). The quantitative estimate of drug-likeness (QED) is 0.584. The fourth-order valence-electron chi connectivity index (χ4n) is 2.57. The van der Waals surface area contributed by atoms with E-state index in [1.54, 1.807) is 37.3 Å². The summed E-state index contributed by atoms with van der Waals surface area (Å²) in [7, 11) is 1.51. The number of aromatic nitrogens is 2. The van der Waals surface area contributed by atoms with Crippen molar-refractivity contribution in [3.63, 3.8) is 0 Å². The molecule has 1 heterocycles. The van der Waals surface area contributed by atoms with Crippen LogP contribution in [0.3, 0.4) is 0 Å². The van der Waals surface area contributed by atoms with Gasteiger partial charge in [0.15, 0.2) is 18.1 Å². The summed E-state index contributed by atoms with van der Waals surface area (Å²) in [6, 6.07) is 12.5. The van der Waals surface area contributed by atoms with E-state index in [1.807, 2.05) is 12.1 Å². The number of hydrogen-bond donors (Lipinski definition) is 0. The second-order valence-electron chi connectivity index (χ2n) is 5.51. The predicted octanol–water partition coefficient (Wildman–Crippen LogP) is 3.26. The second kappa shape index (κ2) is 8.01. The molecule has 0 aliphatic rings. The van der Waals surface area contributed by atoms with Crippen LogP contribution in [0.5, 0.6) is 11.5 Å².